The summed E-state index contributed by atoms with van der Waals surface area (Å²) in [6.45, 7) is 3.42. The molecule has 2 rings (SSSR count). The lowest BCUT2D eigenvalue weighted by atomic mass is 9.99. The first-order valence-electron chi connectivity index (χ1n) is 7.62. The lowest BCUT2D eigenvalue weighted by Crippen LogP contribution is -2.27. The standard InChI is InChI=1S/C17H10F9NO2S/c1-2-9-3-5-10(6-4-9)27-30(28,29)12-8-7-11(15(18,19)20)13(16(21,22)23)14(12)17(24,25)26/h2-8,27H,1H2. The monoisotopic (exact) mass is 463 g/mol. The minimum atomic E-state index is -6.15. The third-order valence-corrected chi connectivity index (χ3v) is 5.15. The third kappa shape index (κ3) is 4.89. The normalized spacial score (nSPS) is 13.2. The molecule has 0 unspecified atom stereocenters. The SMILES string of the molecule is C=Cc1ccc(NS(=O)(=O)c2ccc(C(F)(F)F)c(C(F)(F)F)c2C(F)(F)F)cc1. The fraction of sp³-hybridized carbons (Fsp3) is 0.176. The van der Waals surface area contributed by atoms with E-state index in [1.54, 1.807) is 4.72 Å². The molecule has 0 saturated heterocycles. The molecule has 0 aromatic heterocycles. The van der Waals surface area contributed by atoms with E-state index in [2.05, 4.69) is 6.58 Å². The molecule has 0 spiro atoms. The van der Waals surface area contributed by atoms with Crippen molar-refractivity contribution in [2.24, 2.45) is 0 Å². The highest BCUT2D eigenvalue weighted by atomic mass is 32.2. The summed E-state index contributed by atoms with van der Waals surface area (Å²) in [6.07, 6.45) is -16.7. The molecule has 0 amide bonds. The van der Waals surface area contributed by atoms with Gasteiger partial charge in [-0.3, -0.25) is 4.72 Å². The zero-order valence-corrected chi connectivity index (χ0v) is 15.2. The van der Waals surface area contributed by atoms with E-state index in [0.29, 0.717) is 5.56 Å². The maximum Gasteiger partial charge on any atom is 0.418 e. The highest BCUT2D eigenvalue weighted by molar-refractivity contribution is 7.92. The molecule has 30 heavy (non-hydrogen) atoms. The van der Waals surface area contributed by atoms with Gasteiger partial charge in [-0.05, 0) is 29.8 Å². The number of benzene rings is 2. The Balaban J connectivity index is 2.79. The van der Waals surface area contributed by atoms with Crippen molar-refractivity contribution in [2.75, 3.05) is 4.72 Å². The number of hydrogen-bond donors (Lipinski definition) is 1. The van der Waals surface area contributed by atoms with Crippen molar-refractivity contribution >= 4 is 21.8 Å². The van der Waals surface area contributed by atoms with Crippen LogP contribution >= 0.6 is 0 Å². The Morgan fingerprint density at radius 1 is 0.733 bits per heavy atom. The van der Waals surface area contributed by atoms with E-state index >= 15 is 0 Å². The largest absolute Gasteiger partial charge is 0.418 e. The fourth-order valence-corrected chi connectivity index (χ4v) is 3.81. The Hall–Kier alpha value is -2.70. The molecule has 0 heterocycles. The second-order valence-electron chi connectivity index (χ2n) is 5.79. The molecular formula is C17H10F9NO2S. The van der Waals surface area contributed by atoms with Crippen LogP contribution in [0.3, 0.4) is 0 Å². The van der Waals surface area contributed by atoms with E-state index in [1.807, 2.05) is 0 Å². The average Bonchev–Trinajstić information content (AvgIpc) is 2.58. The molecule has 1 N–H and O–H groups in total. The van der Waals surface area contributed by atoms with E-state index < -0.39 is 50.1 Å². The molecule has 0 aliphatic carbocycles. The highest BCUT2D eigenvalue weighted by Crippen LogP contribution is 2.49. The summed E-state index contributed by atoms with van der Waals surface area (Å²) >= 11 is 0. The first kappa shape index (κ1) is 23.6. The van der Waals surface area contributed by atoms with Gasteiger partial charge in [0.1, 0.15) is 4.90 Å². The summed E-state index contributed by atoms with van der Waals surface area (Å²) in [4.78, 5) is -2.00. The molecule has 0 fully saturated rings. The summed E-state index contributed by atoms with van der Waals surface area (Å²) < 4.78 is 145. The summed E-state index contributed by atoms with van der Waals surface area (Å²) in [5.74, 6) is 0. The smallest absolute Gasteiger partial charge is 0.280 e. The van der Waals surface area contributed by atoms with Crippen molar-refractivity contribution in [1.29, 1.82) is 0 Å². The van der Waals surface area contributed by atoms with Crippen LogP contribution in [0.4, 0.5) is 45.2 Å². The molecule has 0 aliphatic rings. The Labute approximate surface area is 163 Å². The zero-order valence-electron chi connectivity index (χ0n) is 14.4. The van der Waals surface area contributed by atoms with Gasteiger partial charge >= 0.3 is 18.5 Å². The maximum absolute atomic E-state index is 13.4. The molecule has 0 saturated carbocycles. The van der Waals surface area contributed by atoms with Gasteiger partial charge in [0, 0.05) is 5.69 Å². The molecule has 13 heteroatoms. The van der Waals surface area contributed by atoms with E-state index in [9.17, 15) is 47.9 Å². The van der Waals surface area contributed by atoms with Crippen LogP contribution in [-0.4, -0.2) is 8.42 Å². The Kier molecular flexibility index (Phi) is 5.91. The number of anilines is 1. The van der Waals surface area contributed by atoms with E-state index in [-0.39, 0.29) is 17.8 Å². The molecular weight excluding hydrogens is 453 g/mol. The molecule has 0 atom stereocenters. The first-order chi connectivity index (χ1) is 13.5. The van der Waals surface area contributed by atoms with Crippen LogP contribution in [0.5, 0.6) is 0 Å². The Morgan fingerprint density at radius 2 is 1.23 bits per heavy atom. The highest BCUT2D eigenvalue weighted by Gasteiger charge is 2.52. The predicted octanol–water partition coefficient (Wildman–Crippen LogP) is 6.19. The Morgan fingerprint density at radius 3 is 1.63 bits per heavy atom. The summed E-state index contributed by atoms with van der Waals surface area (Å²) in [5, 5.41) is 0. The van der Waals surface area contributed by atoms with Gasteiger partial charge in [0.05, 0.1) is 16.7 Å². The van der Waals surface area contributed by atoms with Crippen molar-refractivity contribution in [3.8, 4) is 0 Å². The number of hydrogen-bond acceptors (Lipinski definition) is 2. The first-order valence-corrected chi connectivity index (χ1v) is 9.10. The van der Waals surface area contributed by atoms with Crippen molar-refractivity contribution in [3.05, 3.63) is 65.2 Å². The van der Waals surface area contributed by atoms with Crippen molar-refractivity contribution in [3.63, 3.8) is 0 Å². The van der Waals surface area contributed by atoms with Crippen molar-refractivity contribution in [1.82, 2.24) is 0 Å². The fourth-order valence-electron chi connectivity index (χ4n) is 2.52. The summed E-state index contributed by atoms with van der Waals surface area (Å²) in [7, 11) is -5.35. The minimum Gasteiger partial charge on any atom is -0.280 e. The van der Waals surface area contributed by atoms with Gasteiger partial charge in [0.25, 0.3) is 10.0 Å². The Bertz CT molecular complexity index is 1050. The van der Waals surface area contributed by atoms with Gasteiger partial charge in [-0.25, -0.2) is 8.42 Å². The molecule has 0 bridgehead atoms. The quantitative estimate of drug-likeness (QED) is 0.550. The maximum atomic E-state index is 13.4. The van der Waals surface area contributed by atoms with Gasteiger partial charge in [-0.15, -0.1) is 0 Å². The predicted molar refractivity (Wildman–Crippen MR) is 88.8 cm³/mol. The van der Waals surface area contributed by atoms with Crippen LogP contribution in [0.15, 0.2) is 47.9 Å². The van der Waals surface area contributed by atoms with Gasteiger partial charge in [0.15, 0.2) is 0 Å². The second-order valence-corrected chi connectivity index (χ2v) is 7.44. The van der Waals surface area contributed by atoms with E-state index in [0.717, 1.165) is 12.1 Å². The van der Waals surface area contributed by atoms with Crippen LogP contribution in [0.1, 0.15) is 22.3 Å². The van der Waals surface area contributed by atoms with Crippen LogP contribution in [0, 0.1) is 0 Å². The van der Waals surface area contributed by atoms with Gasteiger partial charge in [-0.2, -0.15) is 39.5 Å². The van der Waals surface area contributed by atoms with Gasteiger partial charge < -0.3 is 0 Å². The lowest BCUT2D eigenvalue weighted by molar-refractivity contribution is -0.175. The average molecular weight is 463 g/mol. The lowest BCUT2D eigenvalue weighted by Gasteiger charge is -2.23. The van der Waals surface area contributed by atoms with Crippen LogP contribution < -0.4 is 4.72 Å². The number of sulfonamides is 1. The zero-order chi connectivity index (χ0) is 23.1. The van der Waals surface area contributed by atoms with Gasteiger partial charge in [0.2, 0.25) is 0 Å². The second kappa shape index (κ2) is 7.52. The molecule has 3 nitrogen and oxygen atoms in total. The molecule has 2 aromatic carbocycles. The summed E-state index contributed by atoms with van der Waals surface area (Å²) in [6, 6.07) is 4.23. The van der Waals surface area contributed by atoms with Crippen LogP contribution in [0.2, 0.25) is 0 Å². The van der Waals surface area contributed by atoms with Crippen LogP contribution in [-0.2, 0) is 28.6 Å². The third-order valence-electron chi connectivity index (χ3n) is 3.73. The van der Waals surface area contributed by atoms with Crippen LogP contribution in [0.25, 0.3) is 6.08 Å². The molecule has 0 radical (unpaired) electrons. The topological polar surface area (TPSA) is 46.2 Å². The number of nitrogens with one attached hydrogen (secondary N) is 1. The molecule has 2 aromatic rings. The summed E-state index contributed by atoms with van der Waals surface area (Å²) in [5.41, 5.74) is -8.59. The van der Waals surface area contributed by atoms with Crippen molar-refractivity contribution < 1.29 is 47.9 Å². The number of halogens is 9. The van der Waals surface area contributed by atoms with E-state index in [1.165, 1.54) is 18.2 Å². The number of alkyl halides is 9. The van der Waals surface area contributed by atoms with Crippen molar-refractivity contribution in [2.45, 2.75) is 23.4 Å². The number of rotatable bonds is 4. The minimum absolute atomic E-state index is 0.165. The van der Waals surface area contributed by atoms with Gasteiger partial charge in [-0.1, -0.05) is 24.8 Å². The van der Waals surface area contributed by atoms with E-state index in [4.69, 9.17) is 0 Å². The molecule has 164 valence electrons. The molecule has 0 aliphatic heterocycles.